The molecule has 1 aromatic heterocycles. The SMILES string of the molecule is COC(=O)c1ccc(Cl)c(Cn2cc(C)c3cc(OC(F)(F)F)cc(C)c32)c1Cl. The number of aryl methyl sites for hydroxylation is 2. The van der Waals surface area contributed by atoms with E-state index in [-0.39, 0.29) is 22.9 Å². The molecule has 3 rings (SSSR count). The predicted molar refractivity (Wildman–Crippen MR) is 105 cm³/mol. The maximum absolute atomic E-state index is 12.6. The van der Waals surface area contributed by atoms with E-state index in [1.807, 2.05) is 4.57 Å². The van der Waals surface area contributed by atoms with Crippen LogP contribution in [0, 0.1) is 13.8 Å². The minimum Gasteiger partial charge on any atom is -0.465 e. The van der Waals surface area contributed by atoms with Crippen LogP contribution < -0.4 is 4.74 Å². The van der Waals surface area contributed by atoms with Crippen LogP contribution in [0.5, 0.6) is 5.75 Å². The summed E-state index contributed by atoms with van der Waals surface area (Å²) in [5.41, 5.74) is 2.74. The highest BCUT2D eigenvalue weighted by Crippen LogP contribution is 2.35. The molecule has 0 fully saturated rings. The quantitative estimate of drug-likeness (QED) is 0.442. The maximum atomic E-state index is 12.6. The van der Waals surface area contributed by atoms with Gasteiger partial charge in [0.1, 0.15) is 5.75 Å². The van der Waals surface area contributed by atoms with Crippen molar-refractivity contribution in [2.45, 2.75) is 26.8 Å². The fourth-order valence-electron chi connectivity index (χ4n) is 3.29. The number of ether oxygens (including phenoxy) is 2. The van der Waals surface area contributed by atoms with Gasteiger partial charge in [-0.05, 0) is 49.2 Å². The number of rotatable bonds is 4. The van der Waals surface area contributed by atoms with Crippen LogP contribution in [0.25, 0.3) is 10.9 Å². The zero-order valence-electron chi connectivity index (χ0n) is 15.7. The summed E-state index contributed by atoms with van der Waals surface area (Å²) >= 11 is 12.7. The van der Waals surface area contributed by atoms with E-state index < -0.39 is 12.3 Å². The Balaban J connectivity index is 2.10. The molecule has 0 aliphatic heterocycles. The third-order valence-electron chi connectivity index (χ3n) is 4.49. The van der Waals surface area contributed by atoms with Crippen molar-refractivity contribution in [3.63, 3.8) is 0 Å². The highest BCUT2D eigenvalue weighted by Gasteiger charge is 2.31. The number of hydrogen-bond acceptors (Lipinski definition) is 3. The summed E-state index contributed by atoms with van der Waals surface area (Å²) in [5, 5.41) is 1.14. The molecule has 154 valence electrons. The Hall–Kier alpha value is -2.38. The zero-order valence-corrected chi connectivity index (χ0v) is 17.2. The van der Waals surface area contributed by atoms with E-state index in [0.29, 0.717) is 27.1 Å². The number of carbonyl (C=O) groups is 1. The molecule has 0 unspecified atom stereocenters. The topological polar surface area (TPSA) is 40.5 Å². The van der Waals surface area contributed by atoms with Crippen molar-refractivity contribution in [3.05, 3.63) is 62.8 Å². The van der Waals surface area contributed by atoms with Crippen LogP contribution in [0.3, 0.4) is 0 Å². The summed E-state index contributed by atoms with van der Waals surface area (Å²) in [7, 11) is 1.25. The molecule has 0 bridgehead atoms. The predicted octanol–water partition coefficient (Wildman–Crippen LogP) is 6.30. The Labute approximate surface area is 174 Å². The second-order valence-corrected chi connectivity index (χ2v) is 7.29. The molecule has 0 aliphatic carbocycles. The van der Waals surface area contributed by atoms with Crippen LogP contribution in [0.2, 0.25) is 10.0 Å². The van der Waals surface area contributed by atoms with Crippen molar-refractivity contribution in [2.75, 3.05) is 7.11 Å². The first kappa shape index (κ1) is 21.3. The lowest BCUT2D eigenvalue weighted by Gasteiger charge is -2.14. The molecule has 2 aromatic carbocycles. The number of hydrogen-bond donors (Lipinski definition) is 0. The number of alkyl halides is 3. The van der Waals surface area contributed by atoms with E-state index in [1.165, 1.54) is 25.3 Å². The minimum atomic E-state index is -4.77. The van der Waals surface area contributed by atoms with Gasteiger partial charge in [-0.2, -0.15) is 0 Å². The maximum Gasteiger partial charge on any atom is 0.573 e. The van der Waals surface area contributed by atoms with Gasteiger partial charge in [-0.15, -0.1) is 13.2 Å². The van der Waals surface area contributed by atoms with Gasteiger partial charge in [-0.3, -0.25) is 0 Å². The van der Waals surface area contributed by atoms with Gasteiger partial charge in [-0.25, -0.2) is 4.79 Å². The fourth-order valence-corrected chi connectivity index (χ4v) is 3.86. The number of nitrogens with zero attached hydrogens (tertiary/aromatic N) is 1. The van der Waals surface area contributed by atoms with Crippen LogP contribution in [-0.4, -0.2) is 24.0 Å². The molecule has 9 heteroatoms. The van der Waals surface area contributed by atoms with E-state index in [1.54, 1.807) is 26.1 Å². The standard InChI is InChI=1S/C20H16Cl2F3NO3/c1-10-6-12(29-20(23,24)25)7-14-11(2)8-26(18(10)14)9-15-16(21)5-4-13(17(15)22)19(27)28-3/h4-8H,9H2,1-3H3. The van der Waals surface area contributed by atoms with Crippen LogP contribution in [0.15, 0.2) is 30.5 Å². The van der Waals surface area contributed by atoms with Crippen LogP contribution in [-0.2, 0) is 11.3 Å². The molecular formula is C20H16Cl2F3NO3. The Morgan fingerprint density at radius 1 is 1.14 bits per heavy atom. The van der Waals surface area contributed by atoms with Crippen molar-refractivity contribution in [1.29, 1.82) is 0 Å². The summed E-state index contributed by atoms with van der Waals surface area (Å²) in [6.07, 6.45) is -2.99. The number of fused-ring (bicyclic) bond motifs is 1. The number of esters is 1. The monoisotopic (exact) mass is 445 g/mol. The summed E-state index contributed by atoms with van der Waals surface area (Å²) in [6.45, 7) is 3.69. The van der Waals surface area contributed by atoms with Crippen molar-refractivity contribution >= 4 is 40.1 Å². The molecule has 0 spiro atoms. The first-order valence-electron chi connectivity index (χ1n) is 8.43. The normalized spacial score (nSPS) is 11.7. The number of halogens is 5. The van der Waals surface area contributed by atoms with Crippen molar-refractivity contribution in [3.8, 4) is 5.75 Å². The molecule has 0 N–H and O–H groups in total. The zero-order chi connectivity index (χ0) is 21.5. The van der Waals surface area contributed by atoms with Crippen molar-refractivity contribution in [2.24, 2.45) is 0 Å². The molecule has 0 saturated heterocycles. The van der Waals surface area contributed by atoms with Crippen LogP contribution in [0.4, 0.5) is 13.2 Å². The van der Waals surface area contributed by atoms with Crippen LogP contribution in [0.1, 0.15) is 27.0 Å². The largest absolute Gasteiger partial charge is 0.573 e. The lowest BCUT2D eigenvalue weighted by molar-refractivity contribution is -0.274. The first-order chi connectivity index (χ1) is 13.5. The van der Waals surface area contributed by atoms with Gasteiger partial charge in [0.25, 0.3) is 0 Å². The third kappa shape index (κ3) is 4.31. The lowest BCUT2D eigenvalue weighted by Crippen LogP contribution is -2.17. The van der Waals surface area contributed by atoms with E-state index in [4.69, 9.17) is 27.9 Å². The minimum absolute atomic E-state index is 0.165. The van der Waals surface area contributed by atoms with E-state index in [0.717, 1.165) is 5.56 Å². The molecule has 3 aromatic rings. The summed E-state index contributed by atoms with van der Waals surface area (Å²) in [6, 6.07) is 5.69. The second kappa shape index (κ2) is 7.80. The fraction of sp³-hybridized carbons (Fsp3) is 0.250. The van der Waals surface area contributed by atoms with Gasteiger partial charge >= 0.3 is 12.3 Å². The molecule has 1 heterocycles. The molecule has 0 atom stereocenters. The second-order valence-electron chi connectivity index (χ2n) is 6.50. The Bertz CT molecular complexity index is 1110. The van der Waals surface area contributed by atoms with E-state index in [2.05, 4.69) is 4.74 Å². The van der Waals surface area contributed by atoms with Gasteiger partial charge in [0.15, 0.2) is 0 Å². The molecule has 0 radical (unpaired) electrons. The smallest absolute Gasteiger partial charge is 0.465 e. The number of carbonyl (C=O) groups excluding carboxylic acids is 1. The first-order valence-corrected chi connectivity index (χ1v) is 9.18. The van der Waals surface area contributed by atoms with Crippen LogP contribution >= 0.6 is 23.2 Å². The number of methoxy groups -OCH3 is 1. The van der Waals surface area contributed by atoms with E-state index in [9.17, 15) is 18.0 Å². The average molecular weight is 446 g/mol. The van der Waals surface area contributed by atoms with Gasteiger partial charge in [0.05, 0.1) is 29.8 Å². The molecular weight excluding hydrogens is 430 g/mol. The Kier molecular flexibility index (Phi) is 5.74. The number of benzene rings is 2. The molecule has 0 saturated carbocycles. The molecule has 29 heavy (non-hydrogen) atoms. The Morgan fingerprint density at radius 3 is 2.45 bits per heavy atom. The van der Waals surface area contributed by atoms with Crippen molar-refractivity contribution in [1.82, 2.24) is 4.57 Å². The van der Waals surface area contributed by atoms with Crippen molar-refractivity contribution < 1.29 is 27.4 Å². The summed E-state index contributed by atoms with van der Waals surface area (Å²) in [5.74, 6) is -0.876. The highest BCUT2D eigenvalue weighted by atomic mass is 35.5. The summed E-state index contributed by atoms with van der Waals surface area (Å²) in [4.78, 5) is 11.9. The lowest BCUT2D eigenvalue weighted by atomic mass is 10.1. The highest BCUT2D eigenvalue weighted by molar-refractivity contribution is 6.38. The summed E-state index contributed by atoms with van der Waals surface area (Å²) < 4.78 is 48.4. The van der Waals surface area contributed by atoms with Gasteiger partial charge in [-0.1, -0.05) is 23.2 Å². The third-order valence-corrected chi connectivity index (χ3v) is 5.27. The molecule has 4 nitrogen and oxygen atoms in total. The van der Waals surface area contributed by atoms with Gasteiger partial charge in [0.2, 0.25) is 0 Å². The van der Waals surface area contributed by atoms with Gasteiger partial charge in [0, 0.05) is 22.2 Å². The average Bonchev–Trinajstić information content (AvgIpc) is 2.92. The number of aromatic nitrogens is 1. The Morgan fingerprint density at radius 2 is 1.83 bits per heavy atom. The van der Waals surface area contributed by atoms with E-state index >= 15 is 0 Å². The van der Waals surface area contributed by atoms with Gasteiger partial charge < -0.3 is 14.0 Å². The molecule has 0 amide bonds. The molecule has 0 aliphatic rings.